The minimum absolute atomic E-state index is 0.342. The molecule has 1 fully saturated rings. The van der Waals surface area contributed by atoms with Crippen LogP contribution in [-0.4, -0.2) is 32.5 Å². The monoisotopic (exact) mass is 347 g/mol. The summed E-state index contributed by atoms with van der Waals surface area (Å²) in [7, 11) is 0. The Hall–Kier alpha value is 0.0600. The van der Waals surface area contributed by atoms with Crippen molar-refractivity contribution in [2.75, 3.05) is 26.4 Å². The van der Waals surface area contributed by atoms with Crippen molar-refractivity contribution < 1.29 is 9.47 Å². The molecule has 2 unspecified atom stereocenters. The Morgan fingerprint density at radius 2 is 2.53 bits per heavy atom. The molecule has 5 heteroatoms. The minimum atomic E-state index is 0.342. The molecule has 2 heterocycles. The second kappa shape index (κ2) is 8.37. The molecule has 0 saturated carbocycles. The number of thiophene rings is 1. The molecule has 0 aliphatic carbocycles. The number of halogens is 1. The third-order valence-corrected chi connectivity index (χ3v) is 5.34. The van der Waals surface area contributed by atoms with Crippen molar-refractivity contribution in [2.24, 2.45) is 0 Å². The molecule has 0 amide bonds. The summed E-state index contributed by atoms with van der Waals surface area (Å²) in [6.07, 6.45) is 3.72. The quantitative estimate of drug-likeness (QED) is 0.726. The summed E-state index contributed by atoms with van der Waals surface area (Å²) in [4.78, 5) is 1.36. The van der Waals surface area contributed by atoms with E-state index < -0.39 is 0 Å². The zero-order valence-electron chi connectivity index (χ0n) is 11.4. The first-order chi connectivity index (χ1) is 9.27. The van der Waals surface area contributed by atoms with Gasteiger partial charge in [0, 0.05) is 28.6 Å². The van der Waals surface area contributed by atoms with Gasteiger partial charge in [0.1, 0.15) is 0 Å². The van der Waals surface area contributed by atoms with Crippen molar-refractivity contribution >= 4 is 27.3 Å². The Kier molecular flexibility index (Phi) is 6.81. The highest BCUT2D eigenvalue weighted by Gasteiger charge is 2.15. The molecule has 1 aromatic heterocycles. The molecule has 1 N–H and O–H groups in total. The van der Waals surface area contributed by atoms with E-state index in [1.165, 1.54) is 15.8 Å². The summed E-state index contributed by atoms with van der Waals surface area (Å²) in [6, 6.07) is 2.50. The number of rotatable bonds is 8. The van der Waals surface area contributed by atoms with Gasteiger partial charge in [-0.05, 0) is 60.1 Å². The third kappa shape index (κ3) is 5.16. The standard InChI is InChI=1S/C14H22BrNO2S/c1-11(14-13(15)5-9-19-14)16-6-3-7-17-10-12-4-2-8-18-12/h5,9,11-12,16H,2-4,6-8,10H2,1H3. The van der Waals surface area contributed by atoms with Gasteiger partial charge in [0.25, 0.3) is 0 Å². The van der Waals surface area contributed by atoms with Crippen LogP contribution in [0.15, 0.2) is 15.9 Å². The first-order valence-corrected chi connectivity index (χ1v) is 8.60. The van der Waals surface area contributed by atoms with E-state index in [9.17, 15) is 0 Å². The number of hydrogen-bond acceptors (Lipinski definition) is 4. The lowest BCUT2D eigenvalue weighted by Crippen LogP contribution is -2.21. The fourth-order valence-electron chi connectivity index (χ4n) is 2.19. The third-order valence-electron chi connectivity index (χ3n) is 3.28. The van der Waals surface area contributed by atoms with Crippen LogP contribution in [0.4, 0.5) is 0 Å². The SMILES string of the molecule is CC(NCCCOCC1CCCO1)c1sccc1Br. The predicted octanol–water partition coefficient (Wildman–Crippen LogP) is 3.75. The average Bonchev–Trinajstić information content (AvgIpc) is 3.04. The molecule has 1 saturated heterocycles. The van der Waals surface area contributed by atoms with E-state index in [2.05, 4.69) is 39.6 Å². The van der Waals surface area contributed by atoms with E-state index in [4.69, 9.17) is 9.47 Å². The zero-order valence-corrected chi connectivity index (χ0v) is 13.8. The minimum Gasteiger partial charge on any atom is -0.379 e. The highest BCUT2D eigenvalue weighted by molar-refractivity contribution is 9.10. The zero-order chi connectivity index (χ0) is 13.5. The van der Waals surface area contributed by atoms with Crippen LogP contribution in [0.5, 0.6) is 0 Å². The van der Waals surface area contributed by atoms with Crippen LogP contribution in [0.2, 0.25) is 0 Å². The Morgan fingerprint density at radius 3 is 3.21 bits per heavy atom. The maximum absolute atomic E-state index is 5.64. The van der Waals surface area contributed by atoms with Crippen LogP contribution in [0.25, 0.3) is 0 Å². The van der Waals surface area contributed by atoms with Gasteiger partial charge >= 0.3 is 0 Å². The topological polar surface area (TPSA) is 30.5 Å². The van der Waals surface area contributed by atoms with E-state index in [0.29, 0.717) is 12.1 Å². The second-order valence-corrected chi connectivity index (χ2v) is 6.67. The second-order valence-electron chi connectivity index (χ2n) is 4.87. The number of ether oxygens (including phenoxy) is 2. The molecule has 108 valence electrons. The summed E-state index contributed by atoms with van der Waals surface area (Å²) < 4.78 is 12.4. The molecule has 1 aliphatic heterocycles. The molecule has 3 nitrogen and oxygen atoms in total. The van der Waals surface area contributed by atoms with Crippen LogP contribution < -0.4 is 5.32 Å². The highest BCUT2D eigenvalue weighted by atomic mass is 79.9. The lowest BCUT2D eigenvalue weighted by atomic mass is 10.2. The van der Waals surface area contributed by atoms with E-state index >= 15 is 0 Å². The van der Waals surface area contributed by atoms with E-state index in [1.54, 1.807) is 11.3 Å². The Balaban J connectivity index is 1.51. The average molecular weight is 348 g/mol. The van der Waals surface area contributed by atoms with Crippen molar-refractivity contribution in [1.82, 2.24) is 5.32 Å². The molecule has 2 atom stereocenters. The summed E-state index contributed by atoms with van der Waals surface area (Å²) in [5, 5.41) is 5.64. The van der Waals surface area contributed by atoms with Crippen molar-refractivity contribution in [3.05, 3.63) is 20.8 Å². The molecule has 2 rings (SSSR count). The summed E-state index contributed by atoms with van der Waals surface area (Å²) >= 11 is 5.36. The van der Waals surface area contributed by atoms with E-state index in [1.807, 2.05) is 0 Å². The molecule has 0 radical (unpaired) electrons. The summed E-state index contributed by atoms with van der Waals surface area (Å²) in [6.45, 7) is 5.65. The number of hydrogen-bond donors (Lipinski definition) is 1. The van der Waals surface area contributed by atoms with Crippen LogP contribution in [0, 0.1) is 0 Å². The molecule has 1 aromatic rings. The Morgan fingerprint density at radius 1 is 1.63 bits per heavy atom. The van der Waals surface area contributed by atoms with Gasteiger partial charge in [-0.15, -0.1) is 11.3 Å². The lowest BCUT2D eigenvalue weighted by Gasteiger charge is -2.14. The Labute approximate surface area is 127 Å². The van der Waals surface area contributed by atoms with Gasteiger partial charge in [0.15, 0.2) is 0 Å². The first kappa shape index (κ1) is 15.4. The molecular weight excluding hydrogens is 326 g/mol. The van der Waals surface area contributed by atoms with Crippen molar-refractivity contribution in [3.63, 3.8) is 0 Å². The summed E-state index contributed by atoms with van der Waals surface area (Å²) in [5.41, 5.74) is 0. The molecule has 1 aliphatic rings. The van der Waals surface area contributed by atoms with Crippen LogP contribution >= 0.6 is 27.3 Å². The normalized spacial score (nSPS) is 20.8. The molecular formula is C14H22BrNO2S. The van der Waals surface area contributed by atoms with Crippen molar-refractivity contribution in [1.29, 1.82) is 0 Å². The van der Waals surface area contributed by atoms with Crippen molar-refractivity contribution in [2.45, 2.75) is 38.3 Å². The highest BCUT2D eigenvalue weighted by Crippen LogP contribution is 2.28. The molecule has 19 heavy (non-hydrogen) atoms. The predicted molar refractivity (Wildman–Crippen MR) is 82.8 cm³/mol. The van der Waals surface area contributed by atoms with Gasteiger partial charge in [0.05, 0.1) is 12.7 Å². The van der Waals surface area contributed by atoms with Crippen LogP contribution in [-0.2, 0) is 9.47 Å². The van der Waals surface area contributed by atoms with Gasteiger partial charge in [0.2, 0.25) is 0 Å². The van der Waals surface area contributed by atoms with Gasteiger partial charge in [-0.2, -0.15) is 0 Å². The molecule has 0 spiro atoms. The largest absolute Gasteiger partial charge is 0.379 e. The van der Waals surface area contributed by atoms with E-state index in [-0.39, 0.29) is 0 Å². The fourth-order valence-corrected chi connectivity index (χ4v) is 3.94. The van der Waals surface area contributed by atoms with Crippen LogP contribution in [0.3, 0.4) is 0 Å². The van der Waals surface area contributed by atoms with E-state index in [0.717, 1.165) is 39.2 Å². The smallest absolute Gasteiger partial charge is 0.0809 e. The van der Waals surface area contributed by atoms with Crippen molar-refractivity contribution in [3.8, 4) is 0 Å². The number of nitrogens with one attached hydrogen (secondary N) is 1. The van der Waals surface area contributed by atoms with Gasteiger partial charge in [-0.1, -0.05) is 0 Å². The van der Waals surface area contributed by atoms with Gasteiger partial charge in [-0.25, -0.2) is 0 Å². The summed E-state index contributed by atoms with van der Waals surface area (Å²) in [5.74, 6) is 0. The van der Waals surface area contributed by atoms with Gasteiger partial charge < -0.3 is 14.8 Å². The lowest BCUT2D eigenvalue weighted by molar-refractivity contribution is 0.0165. The fraction of sp³-hybridized carbons (Fsp3) is 0.714. The van der Waals surface area contributed by atoms with Crippen LogP contribution in [0.1, 0.15) is 37.1 Å². The maximum Gasteiger partial charge on any atom is 0.0809 e. The Bertz CT molecular complexity index is 366. The molecule has 0 bridgehead atoms. The van der Waals surface area contributed by atoms with Gasteiger partial charge in [-0.3, -0.25) is 0 Å². The maximum atomic E-state index is 5.64. The molecule has 0 aromatic carbocycles. The first-order valence-electron chi connectivity index (χ1n) is 6.93.